The molecule has 224 valence electrons. The molecule has 0 bridgehead atoms. The second-order valence-corrected chi connectivity index (χ2v) is 13.5. The van der Waals surface area contributed by atoms with Gasteiger partial charge in [-0.05, 0) is 35.4 Å². The Morgan fingerprint density at radius 1 is 0.489 bits per heavy atom. The summed E-state index contributed by atoms with van der Waals surface area (Å²) in [4.78, 5) is 14.8. The molecule has 0 radical (unpaired) electrons. The van der Waals surface area contributed by atoms with E-state index in [2.05, 4.69) is 92.7 Å². The van der Waals surface area contributed by atoms with E-state index in [0.29, 0.717) is 17.5 Å². The van der Waals surface area contributed by atoms with Gasteiger partial charge in [0.15, 0.2) is 17.5 Å². The fourth-order valence-corrected chi connectivity index (χ4v) is 7.86. The zero-order chi connectivity index (χ0) is 31.5. The van der Waals surface area contributed by atoms with Crippen LogP contribution in [0.15, 0.2) is 140 Å². The average molecular weight is 624 g/mol. The Morgan fingerprint density at radius 3 is 1.81 bits per heavy atom. The summed E-state index contributed by atoms with van der Waals surface area (Å²) in [6.07, 6.45) is 0. The summed E-state index contributed by atoms with van der Waals surface area (Å²) in [5, 5.41) is 2.53. The summed E-state index contributed by atoms with van der Waals surface area (Å²) in [6, 6.07) is 48.3. The van der Waals surface area contributed by atoms with Gasteiger partial charge in [-0.1, -0.05) is 129 Å². The molecule has 2 aromatic heterocycles. The van der Waals surface area contributed by atoms with Crippen LogP contribution in [0.5, 0.6) is 11.5 Å². The van der Waals surface area contributed by atoms with E-state index < -0.39 is 0 Å². The predicted octanol–water partition coefficient (Wildman–Crippen LogP) is 11.3. The number of hydrogen-bond donors (Lipinski definition) is 0. The Balaban J connectivity index is 1.13. The fourth-order valence-electron chi connectivity index (χ4n) is 6.68. The van der Waals surface area contributed by atoms with Crippen LogP contribution in [0.4, 0.5) is 0 Å². The summed E-state index contributed by atoms with van der Waals surface area (Å²) in [5.41, 5.74) is 7.19. The molecule has 0 aliphatic carbocycles. The number of thiophene rings is 1. The predicted molar refractivity (Wildman–Crippen MR) is 193 cm³/mol. The maximum atomic E-state index is 6.73. The minimum Gasteiger partial charge on any atom is -0.455 e. The molecule has 0 atom stereocenters. The molecule has 0 spiro atoms. The summed E-state index contributed by atoms with van der Waals surface area (Å²) >= 11 is 1.81. The third-order valence-corrected chi connectivity index (χ3v) is 10.4. The molecule has 1 aliphatic heterocycles. The molecule has 8 aromatic rings. The lowest BCUT2D eigenvalue weighted by Gasteiger charge is -2.35. The smallest absolute Gasteiger partial charge is 0.164 e. The van der Waals surface area contributed by atoms with Gasteiger partial charge in [-0.25, -0.2) is 15.0 Å². The Morgan fingerprint density at radius 2 is 1.09 bits per heavy atom. The van der Waals surface area contributed by atoms with Crippen molar-refractivity contribution in [1.29, 1.82) is 0 Å². The van der Waals surface area contributed by atoms with Gasteiger partial charge in [-0.15, -0.1) is 11.3 Å². The van der Waals surface area contributed by atoms with Crippen LogP contribution in [0.25, 0.3) is 65.5 Å². The van der Waals surface area contributed by atoms with Crippen LogP contribution in [0.2, 0.25) is 0 Å². The topological polar surface area (TPSA) is 47.9 Å². The van der Waals surface area contributed by atoms with Crippen molar-refractivity contribution in [2.45, 2.75) is 19.3 Å². The van der Waals surface area contributed by atoms with Gasteiger partial charge in [0.2, 0.25) is 0 Å². The highest BCUT2D eigenvalue weighted by Crippen LogP contribution is 2.53. The highest BCUT2D eigenvalue weighted by Gasteiger charge is 2.36. The van der Waals surface area contributed by atoms with Crippen LogP contribution < -0.4 is 4.74 Å². The Labute approximate surface area is 277 Å². The van der Waals surface area contributed by atoms with Gasteiger partial charge in [0.05, 0.1) is 4.70 Å². The van der Waals surface area contributed by atoms with E-state index >= 15 is 0 Å². The molecule has 47 heavy (non-hydrogen) atoms. The van der Waals surface area contributed by atoms with E-state index in [-0.39, 0.29) is 5.41 Å². The zero-order valence-electron chi connectivity index (χ0n) is 25.9. The van der Waals surface area contributed by atoms with Gasteiger partial charge in [0, 0.05) is 48.7 Å². The van der Waals surface area contributed by atoms with Gasteiger partial charge in [0.25, 0.3) is 0 Å². The molecule has 0 amide bonds. The Bertz CT molecular complexity index is 2410. The molecule has 0 saturated heterocycles. The first-order valence-corrected chi connectivity index (χ1v) is 16.6. The molecule has 0 saturated carbocycles. The monoisotopic (exact) mass is 623 g/mol. The molecule has 6 aromatic carbocycles. The van der Waals surface area contributed by atoms with Crippen molar-refractivity contribution in [3.8, 4) is 56.8 Å². The second kappa shape index (κ2) is 10.7. The van der Waals surface area contributed by atoms with Gasteiger partial charge in [0.1, 0.15) is 11.5 Å². The van der Waals surface area contributed by atoms with Gasteiger partial charge >= 0.3 is 0 Å². The van der Waals surface area contributed by atoms with E-state index in [1.807, 2.05) is 72.0 Å². The quantitative estimate of drug-likeness (QED) is 0.196. The van der Waals surface area contributed by atoms with Crippen LogP contribution in [0, 0.1) is 0 Å². The number of ether oxygens (including phenoxy) is 1. The van der Waals surface area contributed by atoms with Crippen LogP contribution in [-0.2, 0) is 5.41 Å². The van der Waals surface area contributed by atoms with E-state index in [1.165, 1.54) is 31.3 Å². The largest absolute Gasteiger partial charge is 0.455 e. The van der Waals surface area contributed by atoms with Gasteiger partial charge < -0.3 is 4.74 Å². The van der Waals surface area contributed by atoms with Crippen LogP contribution >= 0.6 is 11.3 Å². The summed E-state index contributed by atoms with van der Waals surface area (Å²) in [6.45, 7) is 4.60. The molecular weight excluding hydrogens is 595 g/mol. The Hall–Kier alpha value is -5.65. The molecule has 3 heterocycles. The summed E-state index contributed by atoms with van der Waals surface area (Å²) in [5.74, 6) is 3.83. The first-order valence-electron chi connectivity index (χ1n) is 15.8. The molecular formula is C42H29N3OS. The highest BCUT2D eigenvalue weighted by molar-refractivity contribution is 7.26. The molecule has 5 heteroatoms. The maximum absolute atomic E-state index is 6.73. The van der Waals surface area contributed by atoms with Crippen molar-refractivity contribution >= 4 is 31.5 Å². The van der Waals surface area contributed by atoms with E-state index in [0.717, 1.165) is 39.3 Å². The lowest BCUT2D eigenvalue weighted by Crippen LogP contribution is -2.24. The molecule has 0 unspecified atom stereocenters. The van der Waals surface area contributed by atoms with Gasteiger partial charge in [-0.2, -0.15) is 0 Å². The number of benzene rings is 6. The Kier molecular flexibility index (Phi) is 6.30. The van der Waals surface area contributed by atoms with Crippen molar-refractivity contribution in [2.75, 3.05) is 0 Å². The number of fused-ring (bicyclic) bond motifs is 6. The van der Waals surface area contributed by atoms with Crippen molar-refractivity contribution in [3.63, 3.8) is 0 Å². The first-order chi connectivity index (χ1) is 23.0. The van der Waals surface area contributed by atoms with Gasteiger partial charge in [-0.3, -0.25) is 0 Å². The van der Waals surface area contributed by atoms with Crippen molar-refractivity contribution in [2.24, 2.45) is 0 Å². The third kappa shape index (κ3) is 4.62. The van der Waals surface area contributed by atoms with Crippen LogP contribution in [-0.4, -0.2) is 15.0 Å². The maximum Gasteiger partial charge on any atom is 0.164 e. The minimum absolute atomic E-state index is 0.246. The number of nitrogens with zero attached hydrogens (tertiary/aromatic N) is 3. The number of aromatic nitrogens is 3. The standard InChI is InChI=1S/C42H29N3OS/c1-42(2)33-22-21-32-31-18-9-10-19-36(31)47-38(32)37(33)46-35-23-20-29(25-34(35)42)28-16-11-17-30(24-28)41-44-39(26-12-5-3-6-13-26)43-40(45-41)27-14-7-4-8-15-27/h3-25H,1-2H3. The second-order valence-electron chi connectivity index (χ2n) is 12.5. The van der Waals surface area contributed by atoms with E-state index in [9.17, 15) is 0 Å². The summed E-state index contributed by atoms with van der Waals surface area (Å²) < 4.78 is 9.22. The summed E-state index contributed by atoms with van der Waals surface area (Å²) in [7, 11) is 0. The molecule has 9 rings (SSSR count). The lowest BCUT2D eigenvalue weighted by molar-refractivity contribution is 0.424. The SMILES string of the molecule is CC1(C)c2cc(-c3cccc(-c4nc(-c5ccccc5)nc(-c5ccccc5)n4)c3)ccc2Oc2c1ccc1c2sc2ccccc21. The number of rotatable bonds is 4. The van der Waals surface area contributed by atoms with Crippen molar-refractivity contribution in [1.82, 2.24) is 15.0 Å². The van der Waals surface area contributed by atoms with E-state index in [1.54, 1.807) is 0 Å². The third-order valence-electron chi connectivity index (χ3n) is 9.19. The lowest BCUT2D eigenvalue weighted by atomic mass is 9.75. The zero-order valence-corrected chi connectivity index (χ0v) is 26.8. The van der Waals surface area contributed by atoms with Crippen LogP contribution in [0.3, 0.4) is 0 Å². The van der Waals surface area contributed by atoms with E-state index in [4.69, 9.17) is 19.7 Å². The average Bonchev–Trinajstić information content (AvgIpc) is 3.52. The molecule has 4 nitrogen and oxygen atoms in total. The fraction of sp³-hybridized carbons (Fsp3) is 0.0714. The number of hydrogen-bond acceptors (Lipinski definition) is 5. The van der Waals surface area contributed by atoms with Crippen molar-refractivity contribution < 1.29 is 4.74 Å². The van der Waals surface area contributed by atoms with Crippen LogP contribution in [0.1, 0.15) is 25.0 Å². The minimum atomic E-state index is -0.246. The normalized spacial score (nSPS) is 13.2. The highest BCUT2D eigenvalue weighted by atomic mass is 32.1. The molecule has 0 N–H and O–H groups in total. The van der Waals surface area contributed by atoms with Crippen molar-refractivity contribution in [3.05, 3.63) is 151 Å². The molecule has 0 fully saturated rings. The first kappa shape index (κ1) is 27.6. The molecule has 1 aliphatic rings.